The first kappa shape index (κ1) is 11.8. The van der Waals surface area contributed by atoms with E-state index in [-0.39, 0.29) is 0 Å². The first-order valence-electron chi connectivity index (χ1n) is 5.64. The SMILES string of the molecule is C=CCC1CC(C)(C)N(C)C(C)(C)C1. The van der Waals surface area contributed by atoms with E-state index in [1.807, 2.05) is 0 Å². The number of hydrogen-bond acceptors (Lipinski definition) is 1. The van der Waals surface area contributed by atoms with E-state index in [9.17, 15) is 0 Å². The van der Waals surface area contributed by atoms with Crippen LogP contribution in [0.3, 0.4) is 0 Å². The molecule has 1 fully saturated rings. The van der Waals surface area contributed by atoms with Crippen molar-refractivity contribution in [3.05, 3.63) is 12.7 Å². The van der Waals surface area contributed by atoms with E-state index in [1.165, 1.54) is 19.3 Å². The number of rotatable bonds is 2. The molecule has 0 unspecified atom stereocenters. The van der Waals surface area contributed by atoms with Crippen LogP contribution in [0, 0.1) is 5.92 Å². The lowest BCUT2D eigenvalue weighted by molar-refractivity contribution is -0.0290. The van der Waals surface area contributed by atoms with Gasteiger partial charge in [0.25, 0.3) is 0 Å². The topological polar surface area (TPSA) is 3.24 Å². The quantitative estimate of drug-likeness (QED) is 0.610. The number of allylic oxidation sites excluding steroid dienone is 1. The summed E-state index contributed by atoms with van der Waals surface area (Å²) in [5, 5.41) is 0. The van der Waals surface area contributed by atoms with E-state index in [1.54, 1.807) is 0 Å². The molecule has 82 valence electrons. The lowest BCUT2D eigenvalue weighted by atomic mass is 9.73. The van der Waals surface area contributed by atoms with E-state index in [4.69, 9.17) is 0 Å². The van der Waals surface area contributed by atoms with Gasteiger partial charge in [-0.3, -0.25) is 4.90 Å². The molecule has 1 heterocycles. The van der Waals surface area contributed by atoms with Crippen LogP contribution < -0.4 is 0 Å². The molecule has 1 saturated heterocycles. The monoisotopic (exact) mass is 195 g/mol. The zero-order valence-electron chi connectivity index (χ0n) is 10.4. The Bertz CT molecular complexity index is 197. The van der Waals surface area contributed by atoms with Crippen LogP contribution in [0.25, 0.3) is 0 Å². The van der Waals surface area contributed by atoms with Crippen molar-refractivity contribution < 1.29 is 0 Å². The van der Waals surface area contributed by atoms with Gasteiger partial charge in [-0.25, -0.2) is 0 Å². The van der Waals surface area contributed by atoms with Crippen LogP contribution in [-0.4, -0.2) is 23.0 Å². The molecular weight excluding hydrogens is 170 g/mol. The number of piperidine rings is 1. The third-order valence-electron chi connectivity index (χ3n) is 3.89. The minimum absolute atomic E-state index is 0.329. The summed E-state index contributed by atoms with van der Waals surface area (Å²) in [5.41, 5.74) is 0.658. The van der Waals surface area contributed by atoms with Gasteiger partial charge in [-0.2, -0.15) is 0 Å². The molecule has 0 aromatic carbocycles. The zero-order chi connectivity index (χ0) is 11.0. The summed E-state index contributed by atoms with van der Waals surface area (Å²) < 4.78 is 0. The molecule has 0 radical (unpaired) electrons. The summed E-state index contributed by atoms with van der Waals surface area (Å²) in [6.07, 6.45) is 5.82. The Morgan fingerprint density at radius 1 is 1.21 bits per heavy atom. The van der Waals surface area contributed by atoms with E-state index in [0.717, 1.165) is 5.92 Å². The molecule has 14 heavy (non-hydrogen) atoms. The molecule has 0 N–H and O–H groups in total. The summed E-state index contributed by atoms with van der Waals surface area (Å²) in [6, 6.07) is 0. The second-order valence-electron chi connectivity index (χ2n) is 5.98. The van der Waals surface area contributed by atoms with Gasteiger partial charge in [0.2, 0.25) is 0 Å². The van der Waals surface area contributed by atoms with Gasteiger partial charge in [0.1, 0.15) is 0 Å². The zero-order valence-corrected chi connectivity index (χ0v) is 10.4. The van der Waals surface area contributed by atoms with Crippen LogP contribution in [0.15, 0.2) is 12.7 Å². The third-order valence-corrected chi connectivity index (χ3v) is 3.89. The summed E-state index contributed by atoms with van der Waals surface area (Å²) in [6.45, 7) is 13.3. The maximum atomic E-state index is 3.86. The van der Waals surface area contributed by atoms with E-state index >= 15 is 0 Å². The third kappa shape index (κ3) is 2.20. The van der Waals surface area contributed by atoms with Crippen LogP contribution in [0.5, 0.6) is 0 Å². The smallest absolute Gasteiger partial charge is 0.0158 e. The second-order valence-corrected chi connectivity index (χ2v) is 5.98. The highest BCUT2D eigenvalue weighted by molar-refractivity contribution is 4.99. The first-order chi connectivity index (χ1) is 6.29. The highest BCUT2D eigenvalue weighted by Crippen LogP contribution is 2.41. The normalized spacial score (nSPS) is 27.5. The standard InChI is InChI=1S/C13H25N/c1-7-8-11-9-12(2,3)14(6)13(4,5)10-11/h7,11H,1,8-10H2,2-6H3. The Hall–Kier alpha value is -0.300. The lowest BCUT2D eigenvalue weighted by Crippen LogP contribution is -2.58. The predicted octanol–water partition coefficient (Wildman–Crippen LogP) is 3.46. The van der Waals surface area contributed by atoms with E-state index < -0.39 is 0 Å². The van der Waals surface area contributed by atoms with Crippen molar-refractivity contribution in [1.82, 2.24) is 4.90 Å². The van der Waals surface area contributed by atoms with E-state index in [0.29, 0.717) is 11.1 Å². The van der Waals surface area contributed by atoms with Crippen LogP contribution in [0.2, 0.25) is 0 Å². The molecule has 1 rings (SSSR count). The molecule has 0 aliphatic carbocycles. The van der Waals surface area contributed by atoms with Gasteiger partial charge in [0.05, 0.1) is 0 Å². The summed E-state index contributed by atoms with van der Waals surface area (Å²) in [7, 11) is 2.25. The highest BCUT2D eigenvalue weighted by atomic mass is 15.2. The van der Waals surface area contributed by atoms with Gasteiger partial charge >= 0.3 is 0 Å². The van der Waals surface area contributed by atoms with Gasteiger partial charge in [-0.15, -0.1) is 6.58 Å². The Balaban J connectivity index is 2.80. The molecule has 0 aromatic heterocycles. The van der Waals surface area contributed by atoms with Crippen molar-refractivity contribution in [2.75, 3.05) is 7.05 Å². The molecule has 0 spiro atoms. The molecule has 0 atom stereocenters. The second kappa shape index (κ2) is 3.69. The first-order valence-corrected chi connectivity index (χ1v) is 5.64. The van der Waals surface area contributed by atoms with Crippen molar-refractivity contribution in [2.24, 2.45) is 5.92 Å². The lowest BCUT2D eigenvalue weighted by Gasteiger charge is -2.53. The van der Waals surface area contributed by atoms with Crippen molar-refractivity contribution in [3.63, 3.8) is 0 Å². The molecule has 0 aromatic rings. The summed E-state index contributed by atoms with van der Waals surface area (Å²) >= 11 is 0. The fourth-order valence-corrected chi connectivity index (χ4v) is 2.98. The minimum Gasteiger partial charge on any atom is -0.296 e. The number of hydrogen-bond donors (Lipinski definition) is 0. The number of likely N-dealkylation sites (tertiary alicyclic amines) is 1. The fourth-order valence-electron chi connectivity index (χ4n) is 2.98. The van der Waals surface area contributed by atoms with Crippen molar-refractivity contribution in [1.29, 1.82) is 0 Å². The minimum atomic E-state index is 0.329. The average Bonchev–Trinajstić information content (AvgIpc) is 1.99. The molecule has 1 heteroatoms. The van der Waals surface area contributed by atoms with Crippen LogP contribution >= 0.6 is 0 Å². The molecule has 0 amide bonds. The Morgan fingerprint density at radius 2 is 1.64 bits per heavy atom. The van der Waals surface area contributed by atoms with Crippen LogP contribution in [0.1, 0.15) is 47.0 Å². The van der Waals surface area contributed by atoms with Gasteiger partial charge in [0, 0.05) is 11.1 Å². The Kier molecular flexibility index (Phi) is 3.10. The predicted molar refractivity (Wildman–Crippen MR) is 63.5 cm³/mol. The molecular formula is C13H25N. The average molecular weight is 195 g/mol. The molecule has 0 saturated carbocycles. The molecule has 1 aliphatic rings. The molecule has 0 bridgehead atoms. The van der Waals surface area contributed by atoms with Crippen molar-refractivity contribution in [2.45, 2.75) is 58.0 Å². The van der Waals surface area contributed by atoms with E-state index in [2.05, 4.69) is 52.3 Å². The highest BCUT2D eigenvalue weighted by Gasteiger charge is 2.42. The van der Waals surface area contributed by atoms with Crippen molar-refractivity contribution in [3.8, 4) is 0 Å². The number of nitrogens with zero attached hydrogens (tertiary/aromatic N) is 1. The van der Waals surface area contributed by atoms with Crippen LogP contribution in [-0.2, 0) is 0 Å². The Labute approximate surface area is 89.2 Å². The van der Waals surface area contributed by atoms with Crippen molar-refractivity contribution >= 4 is 0 Å². The van der Waals surface area contributed by atoms with Gasteiger partial charge in [-0.05, 0) is 59.9 Å². The Morgan fingerprint density at radius 3 is 2.00 bits per heavy atom. The fraction of sp³-hybridized carbons (Fsp3) is 0.846. The van der Waals surface area contributed by atoms with Crippen LogP contribution in [0.4, 0.5) is 0 Å². The maximum absolute atomic E-state index is 3.86. The summed E-state index contributed by atoms with van der Waals surface area (Å²) in [4.78, 5) is 2.53. The largest absolute Gasteiger partial charge is 0.296 e. The molecule has 1 nitrogen and oxygen atoms in total. The maximum Gasteiger partial charge on any atom is 0.0158 e. The van der Waals surface area contributed by atoms with Gasteiger partial charge in [0.15, 0.2) is 0 Å². The van der Waals surface area contributed by atoms with Gasteiger partial charge < -0.3 is 0 Å². The van der Waals surface area contributed by atoms with Gasteiger partial charge in [-0.1, -0.05) is 6.08 Å². The molecule has 1 aliphatic heterocycles. The summed E-state index contributed by atoms with van der Waals surface area (Å²) in [5.74, 6) is 0.814.